The summed E-state index contributed by atoms with van der Waals surface area (Å²) >= 11 is 0. The molecule has 2 bridgehead atoms. The van der Waals surface area contributed by atoms with Gasteiger partial charge in [0.15, 0.2) is 0 Å². The third-order valence-corrected chi connectivity index (χ3v) is 8.00. The second kappa shape index (κ2) is 4.90. The summed E-state index contributed by atoms with van der Waals surface area (Å²) in [6.45, 7) is 8.15. The summed E-state index contributed by atoms with van der Waals surface area (Å²) in [7, 11) is -3.79. The number of rotatable bonds is 4. The van der Waals surface area contributed by atoms with Gasteiger partial charge in [0.25, 0.3) is 10.1 Å². The molecule has 1 aromatic rings. The molecule has 3 rings (SSSR count). The van der Waals surface area contributed by atoms with Crippen LogP contribution in [0, 0.1) is 23.2 Å². The van der Waals surface area contributed by atoms with E-state index < -0.39 is 10.1 Å². The number of carbonyl (C=O) groups is 1. The van der Waals surface area contributed by atoms with Gasteiger partial charge in [-0.1, -0.05) is 38.5 Å². The zero-order valence-corrected chi connectivity index (χ0v) is 15.0. The van der Waals surface area contributed by atoms with Crippen LogP contribution in [0.15, 0.2) is 29.2 Å². The summed E-state index contributed by atoms with van der Waals surface area (Å²) in [5.74, 6) is 0.241. The van der Waals surface area contributed by atoms with Gasteiger partial charge in [-0.25, -0.2) is 0 Å². The van der Waals surface area contributed by atoms with E-state index in [0.29, 0.717) is 6.42 Å². The Kier molecular flexibility index (Phi) is 3.55. The molecule has 0 aliphatic heterocycles. The van der Waals surface area contributed by atoms with E-state index in [9.17, 15) is 13.2 Å². The summed E-state index contributed by atoms with van der Waals surface area (Å²) in [5, 5.41) is 0. The van der Waals surface area contributed by atoms with Crippen LogP contribution in [-0.2, 0) is 19.1 Å². The molecule has 5 heteroatoms. The highest BCUT2D eigenvalue weighted by Crippen LogP contribution is 2.70. The van der Waals surface area contributed by atoms with Crippen molar-refractivity contribution in [3.8, 4) is 0 Å². The first-order valence-electron chi connectivity index (χ1n) is 8.04. The van der Waals surface area contributed by atoms with Crippen LogP contribution >= 0.6 is 0 Å². The smallest absolute Gasteiger partial charge is 0.296 e. The molecule has 0 saturated heterocycles. The molecule has 2 aliphatic carbocycles. The van der Waals surface area contributed by atoms with Gasteiger partial charge in [0.2, 0.25) is 0 Å². The topological polar surface area (TPSA) is 60.4 Å². The minimum Gasteiger partial charge on any atom is -0.299 e. The van der Waals surface area contributed by atoms with Gasteiger partial charge < -0.3 is 0 Å². The average Bonchev–Trinajstić information content (AvgIpc) is 2.76. The molecule has 0 amide bonds. The normalized spacial score (nSPS) is 32.4. The van der Waals surface area contributed by atoms with E-state index in [1.165, 1.54) is 0 Å². The van der Waals surface area contributed by atoms with Crippen LogP contribution in [0.2, 0.25) is 0 Å². The van der Waals surface area contributed by atoms with Crippen molar-refractivity contribution >= 4 is 15.9 Å². The van der Waals surface area contributed by atoms with Gasteiger partial charge in [-0.3, -0.25) is 8.98 Å². The number of Topliss-reactive ketones (excluding diaryl/α,β-unsaturated/α-hetero) is 1. The summed E-state index contributed by atoms with van der Waals surface area (Å²) in [5.41, 5.74) is 0.0112. The Morgan fingerprint density at radius 2 is 1.70 bits per heavy atom. The van der Waals surface area contributed by atoms with E-state index >= 15 is 0 Å². The third-order valence-electron chi connectivity index (χ3n) is 6.72. The van der Waals surface area contributed by atoms with Crippen LogP contribution < -0.4 is 0 Å². The van der Waals surface area contributed by atoms with Gasteiger partial charge in [0.1, 0.15) is 5.78 Å². The maximum atomic E-state index is 12.4. The molecular weight excluding hydrogens is 312 g/mol. The fourth-order valence-electron chi connectivity index (χ4n) is 4.27. The predicted molar refractivity (Wildman–Crippen MR) is 87.5 cm³/mol. The van der Waals surface area contributed by atoms with Gasteiger partial charge in [-0.05, 0) is 37.3 Å². The molecule has 4 nitrogen and oxygen atoms in total. The molecular formula is C18H24O4S. The summed E-state index contributed by atoms with van der Waals surface area (Å²) < 4.78 is 30.3. The summed E-state index contributed by atoms with van der Waals surface area (Å²) in [6, 6.07) is 6.63. The lowest BCUT2D eigenvalue weighted by molar-refractivity contribution is -0.128. The first-order valence-corrected chi connectivity index (χ1v) is 9.44. The van der Waals surface area contributed by atoms with E-state index in [-0.39, 0.29) is 33.5 Å². The number of aryl methyl sites for hydroxylation is 1. The number of ketones is 1. The zero-order valence-electron chi connectivity index (χ0n) is 14.2. The lowest BCUT2D eigenvalue weighted by atomic mass is 9.65. The van der Waals surface area contributed by atoms with Gasteiger partial charge in [-0.15, -0.1) is 0 Å². The van der Waals surface area contributed by atoms with E-state index in [1.807, 2.05) is 13.8 Å². The highest BCUT2D eigenvalue weighted by atomic mass is 32.2. The van der Waals surface area contributed by atoms with E-state index in [2.05, 4.69) is 13.8 Å². The molecule has 126 valence electrons. The van der Waals surface area contributed by atoms with Crippen molar-refractivity contribution in [2.45, 2.75) is 51.9 Å². The van der Waals surface area contributed by atoms with Crippen molar-refractivity contribution in [1.29, 1.82) is 0 Å². The van der Waals surface area contributed by atoms with Crippen molar-refractivity contribution in [3.63, 3.8) is 0 Å². The van der Waals surface area contributed by atoms with Gasteiger partial charge in [-0.2, -0.15) is 8.42 Å². The SMILES string of the molecule is Cc1ccc(S(=O)(=O)OC[C@]23CC[C@](C)(C(=O)C2)C3(C)C)cc1. The molecule has 0 spiro atoms. The molecule has 0 heterocycles. The largest absolute Gasteiger partial charge is 0.299 e. The Labute approximate surface area is 138 Å². The van der Waals surface area contributed by atoms with E-state index in [0.717, 1.165) is 18.4 Å². The zero-order chi connectivity index (χ0) is 17.1. The van der Waals surface area contributed by atoms with Crippen LogP contribution in [0.4, 0.5) is 0 Å². The Hall–Kier alpha value is -1.20. The van der Waals surface area contributed by atoms with Gasteiger partial charge in [0.05, 0.1) is 11.5 Å². The van der Waals surface area contributed by atoms with Crippen molar-refractivity contribution in [3.05, 3.63) is 29.8 Å². The Morgan fingerprint density at radius 3 is 2.17 bits per heavy atom. The van der Waals surface area contributed by atoms with Gasteiger partial charge >= 0.3 is 0 Å². The summed E-state index contributed by atoms with van der Waals surface area (Å²) in [4.78, 5) is 12.6. The van der Waals surface area contributed by atoms with Gasteiger partial charge in [0, 0.05) is 17.3 Å². The standard InChI is InChI=1S/C18H24O4S/c1-13-5-7-14(8-6-13)23(20,21)22-12-18-10-9-17(4,15(19)11-18)16(18,2)3/h5-8H,9-12H2,1-4H3/t17-,18+/m1/s1. The number of fused-ring (bicyclic) bond motifs is 2. The van der Waals surface area contributed by atoms with Crippen molar-refractivity contribution in [2.75, 3.05) is 6.61 Å². The van der Waals surface area contributed by atoms with Crippen LogP contribution in [0.25, 0.3) is 0 Å². The second-order valence-electron chi connectivity index (χ2n) is 7.87. The molecule has 0 aromatic heterocycles. The van der Waals surface area contributed by atoms with Crippen LogP contribution in [0.1, 0.15) is 45.6 Å². The van der Waals surface area contributed by atoms with Crippen molar-refractivity contribution in [1.82, 2.24) is 0 Å². The third kappa shape index (κ3) is 2.20. The monoisotopic (exact) mass is 336 g/mol. The molecule has 23 heavy (non-hydrogen) atoms. The molecule has 2 atom stereocenters. The number of carbonyl (C=O) groups excluding carboxylic acids is 1. The molecule has 2 aliphatic rings. The molecule has 2 fully saturated rings. The number of hydrogen-bond donors (Lipinski definition) is 0. The minimum absolute atomic E-state index is 0.0809. The fourth-order valence-corrected chi connectivity index (χ4v) is 5.25. The second-order valence-corrected chi connectivity index (χ2v) is 9.48. The Balaban J connectivity index is 1.83. The first-order chi connectivity index (χ1) is 10.5. The number of hydrogen-bond acceptors (Lipinski definition) is 4. The lowest BCUT2D eigenvalue weighted by Crippen LogP contribution is -2.38. The Bertz CT molecular complexity index is 748. The quantitative estimate of drug-likeness (QED) is 0.790. The van der Waals surface area contributed by atoms with Crippen molar-refractivity contribution in [2.24, 2.45) is 16.2 Å². The van der Waals surface area contributed by atoms with Crippen LogP contribution in [0.3, 0.4) is 0 Å². The molecule has 2 saturated carbocycles. The van der Waals surface area contributed by atoms with Crippen LogP contribution in [-0.4, -0.2) is 20.8 Å². The van der Waals surface area contributed by atoms with Crippen molar-refractivity contribution < 1.29 is 17.4 Å². The maximum absolute atomic E-state index is 12.4. The lowest BCUT2D eigenvalue weighted by Gasteiger charge is -2.39. The van der Waals surface area contributed by atoms with E-state index in [1.54, 1.807) is 24.3 Å². The average molecular weight is 336 g/mol. The molecule has 0 unspecified atom stereocenters. The number of benzene rings is 1. The molecule has 0 radical (unpaired) electrons. The first kappa shape index (κ1) is 16.7. The minimum atomic E-state index is -3.79. The fraction of sp³-hybridized carbons (Fsp3) is 0.611. The molecule has 1 aromatic carbocycles. The predicted octanol–water partition coefficient (Wildman–Crippen LogP) is 3.49. The highest BCUT2D eigenvalue weighted by molar-refractivity contribution is 7.86. The van der Waals surface area contributed by atoms with Crippen LogP contribution in [0.5, 0.6) is 0 Å². The highest BCUT2D eigenvalue weighted by Gasteiger charge is 2.69. The summed E-state index contributed by atoms with van der Waals surface area (Å²) in [6.07, 6.45) is 2.07. The maximum Gasteiger partial charge on any atom is 0.296 e. The van der Waals surface area contributed by atoms with E-state index in [4.69, 9.17) is 4.18 Å². The molecule has 0 N–H and O–H groups in total. The Morgan fingerprint density at radius 1 is 1.09 bits per heavy atom.